The van der Waals surface area contributed by atoms with E-state index in [9.17, 15) is 14.4 Å². The maximum absolute atomic E-state index is 13.6. The molecule has 2 aliphatic heterocycles. The number of methoxy groups -OCH3 is 1. The number of aromatic nitrogens is 3. The quantitative estimate of drug-likeness (QED) is 0.332. The summed E-state index contributed by atoms with van der Waals surface area (Å²) in [7, 11) is 3.18. The summed E-state index contributed by atoms with van der Waals surface area (Å²) in [5, 5.41) is 6.50. The van der Waals surface area contributed by atoms with Crippen LogP contribution in [0.25, 0.3) is 22.3 Å². The number of aryl methyl sites for hydroxylation is 1. The van der Waals surface area contributed by atoms with Crippen LogP contribution in [0, 0.1) is 5.92 Å². The largest absolute Gasteiger partial charge is 0.453 e. The highest BCUT2D eigenvalue weighted by atomic mass is 32.1. The van der Waals surface area contributed by atoms with Crippen LogP contribution in [0.4, 0.5) is 4.79 Å². The number of aliphatic imine (C=N–C) groups is 1. The Morgan fingerprint density at radius 1 is 0.977 bits per heavy atom. The fourth-order valence-electron chi connectivity index (χ4n) is 5.47. The van der Waals surface area contributed by atoms with Gasteiger partial charge in [-0.05, 0) is 29.0 Å². The van der Waals surface area contributed by atoms with Gasteiger partial charge in [-0.2, -0.15) is 5.10 Å². The summed E-state index contributed by atoms with van der Waals surface area (Å²) < 4.78 is 6.65. The van der Waals surface area contributed by atoms with Crippen LogP contribution in [0.3, 0.4) is 0 Å². The number of amides is 3. The maximum Gasteiger partial charge on any atom is 0.411 e. The predicted molar refractivity (Wildman–Crippen MR) is 162 cm³/mol. The monoisotopic (exact) mass is 597 g/mol. The minimum absolute atomic E-state index is 0.00112. The first-order chi connectivity index (χ1) is 20.9. The molecule has 0 radical (unpaired) electrons. The average Bonchev–Trinajstić information content (AvgIpc) is 3.81. The van der Waals surface area contributed by atoms with Gasteiger partial charge in [0.2, 0.25) is 5.91 Å². The molecule has 3 amide bonds. The Morgan fingerprint density at radius 2 is 1.65 bits per heavy atom. The molecule has 1 atom stereocenters. The molecule has 11 nitrogen and oxygen atoms in total. The van der Waals surface area contributed by atoms with Gasteiger partial charge in [0.1, 0.15) is 19.0 Å². The van der Waals surface area contributed by atoms with Crippen molar-refractivity contribution in [2.45, 2.75) is 6.42 Å². The fraction of sp³-hybridized carbons (Fsp3) is 0.290. The third kappa shape index (κ3) is 6.05. The minimum Gasteiger partial charge on any atom is -0.453 e. The molecule has 0 spiro atoms. The van der Waals surface area contributed by atoms with Crippen LogP contribution in [0.15, 0.2) is 77.5 Å². The molecular formula is C31H31N7O4S. The Balaban J connectivity index is 1.22. The number of nitrogens with zero attached hydrogens (tertiary/aromatic N) is 7. The van der Waals surface area contributed by atoms with Crippen molar-refractivity contribution in [2.75, 3.05) is 40.0 Å². The Morgan fingerprint density at radius 3 is 2.26 bits per heavy atom. The van der Waals surface area contributed by atoms with E-state index in [-0.39, 0.29) is 30.9 Å². The number of thiazole rings is 1. The van der Waals surface area contributed by atoms with E-state index < -0.39 is 6.09 Å². The number of hydrogen-bond acceptors (Lipinski definition) is 8. The van der Waals surface area contributed by atoms with Gasteiger partial charge in [0, 0.05) is 55.6 Å². The lowest BCUT2D eigenvalue weighted by Crippen LogP contribution is -2.45. The molecule has 12 heteroatoms. The van der Waals surface area contributed by atoms with Crippen LogP contribution in [-0.4, -0.2) is 93.2 Å². The molecule has 1 fully saturated rings. The second-order valence-corrected chi connectivity index (χ2v) is 11.5. The van der Waals surface area contributed by atoms with Gasteiger partial charge in [-0.1, -0.05) is 48.5 Å². The smallest absolute Gasteiger partial charge is 0.411 e. The van der Waals surface area contributed by atoms with Crippen molar-refractivity contribution in [3.05, 3.63) is 83.1 Å². The van der Waals surface area contributed by atoms with Crippen molar-refractivity contribution in [3.63, 3.8) is 0 Å². The van der Waals surface area contributed by atoms with Crippen LogP contribution < -0.4 is 0 Å². The number of hydrogen-bond donors (Lipinski definition) is 0. The van der Waals surface area contributed by atoms with E-state index in [0.29, 0.717) is 30.5 Å². The van der Waals surface area contributed by atoms with E-state index >= 15 is 0 Å². The van der Waals surface area contributed by atoms with E-state index in [1.165, 1.54) is 23.3 Å². The molecule has 0 bridgehead atoms. The zero-order valence-electron chi connectivity index (χ0n) is 23.9. The van der Waals surface area contributed by atoms with Crippen LogP contribution in [0.5, 0.6) is 0 Å². The van der Waals surface area contributed by atoms with Crippen molar-refractivity contribution >= 4 is 35.1 Å². The molecule has 4 aromatic rings. The summed E-state index contributed by atoms with van der Waals surface area (Å²) in [6.07, 6.45) is 5.59. The Kier molecular flexibility index (Phi) is 8.01. The van der Waals surface area contributed by atoms with Gasteiger partial charge in [-0.25, -0.2) is 14.8 Å². The molecule has 2 aliphatic rings. The van der Waals surface area contributed by atoms with Gasteiger partial charge in [-0.15, -0.1) is 11.3 Å². The molecule has 2 aromatic heterocycles. The first kappa shape index (κ1) is 28.3. The van der Waals surface area contributed by atoms with Gasteiger partial charge >= 0.3 is 6.09 Å². The Hall–Kier alpha value is -4.84. The van der Waals surface area contributed by atoms with Gasteiger partial charge in [-0.3, -0.25) is 24.1 Å². The lowest BCUT2D eigenvalue weighted by molar-refractivity contribution is -0.128. The van der Waals surface area contributed by atoms with E-state index in [1.54, 1.807) is 26.1 Å². The molecule has 6 rings (SSSR count). The summed E-state index contributed by atoms with van der Waals surface area (Å²) in [6, 6.07) is 16.2. The number of ether oxygens (including phenoxy) is 1. The lowest BCUT2D eigenvalue weighted by atomic mass is 10.0. The van der Waals surface area contributed by atoms with Gasteiger partial charge < -0.3 is 9.64 Å². The third-order valence-electron chi connectivity index (χ3n) is 7.74. The highest BCUT2D eigenvalue weighted by Crippen LogP contribution is 2.27. The summed E-state index contributed by atoms with van der Waals surface area (Å²) >= 11 is 1.32. The van der Waals surface area contributed by atoms with Crippen LogP contribution in [0.1, 0.15) is 21.8 Å². The Bertz CT molecular complexity index is 1650. The number of likely N-dealkylation sites (tertiary alicyclic amines) is 1. The number of carbonyl (C=O) groups excluding carboxylic acids is 3. The van der Waals surface area contributed by atoms with Gasteiger partial charge in [0.05, 0.1) is 13.3 Å². The predicted octanol–water partition coefficient (Wildman–Crippen LogP) is 3.99. The molecule has 2 aromatic carbocycles. The highest BCUT2D eigenvalue weighted by Gasteiger charge is 2.34. The number of amidine groups is 1. The SMILES string of the molecule is COC(=O)N1CN=C(c2ccc(-c3ccc(-c4cnn(C)c4)cc3)cc2)N(CC2CCN(C(=O)c3nccs3)C2)C(=O)C1. The zero-order valence-corrected chi connectivity index (χ0v) is 24.7. The summed E-state index contributed by atoms with van der Waals surface area (Å²) in [4.78, 5) is 52.3. The normalized spacial score (nSPS) is 17.2. The molecular weight excluding hydrogens is 566 g/mol. The fourth-order valence-corrected chi connectivity index (χ4v) is 6.07. The number of rotatable bonds is 6. The first-order valence-electron chi connectivity index (χ1n) is 14.0. The van der Waals surface area contributed by atoms with E-state index in [1.807, 2.05) is 43.7 Å². The zero-order chi connectivity index (χ0) is 29.9. The number of benzene rings is 2. The molecule has 4 heterocycles. The van der Waals surface area contributed by atoms with Crippen molar-refractivity contribution in [1.29, 1.82) is 0 Å². The van der Waals surface area contributed by atoms with Crippen molar-refractivity contribution < 1.29 is 19.1 Å². The molecule has 1 saturated heterocycles. The van der Waals surface area contributed by atoms with Crippen LogP contribution in [0.2, 0.25) is 0 Å². The molecule has 0 N–H and O–H groups in total. The highest BCUT2D eigenvalue weighted by molar-refractivity contribution is 7.11. The summed E-state index contributed by atoms with van der Waals surface area (Å²) in [5.41, 5.74) is 4.99. The minimum atomic E-state index is -0.607. The molecule has 0 aliphatic carbocycles. The Labute approximate surface area is 253 Å². The van der Waals surface area contributed by atoms with E-state index in [0.717, 1.165) is 34.2 Å². The van der Waals surface area contributed by atoms with Crippen molar-refractivity contribution in [3.8, 4) is 22.3 Å². The molecule has 0 saturated carbocycles. The maximum atomic E-state index is 13.6. The third-order valence-corrected chi connectivity index (χ3v) is 8.50. The molecule has 43 heavy (non-hydrogen) atoms. The standard InChI is InChI=1S/C31H31N7O4S/c1-35-18-26(15-34-35)24-5-3-22(4-6-24)23-7-9-25(10-8-23)28-33-20-37(31(41)42-2)19-27(39)38(28)17-21-11-13-36(16-21)30(40)29-32-12-14-43-29/h3-10,12,14-15,18,21H,11,13,16-17,19-20H2,1-2H3. The van der Waals surface area contributed by atoms with Crippen molar-refractivity contribution in [2.24, 2.45) is 18.0 Å². The first-order valence-corrected chi connectivity index (χ1v) is 14.8. The second kappa shape index (κ2) is 12.2. The number of carbonyl (C=O) groups is 3. The van der Waals surface area contributed by atoms with Crippen LogP contribution >= 0.6 is 11.3 Å². The lowest BCUT2D eigenvalue weighted by Gasteiger charge is -2.26. The van der Waals surface area contributed by atoms with E-state index in [4.69, 9.17) is 9.73 Å². The summed E-state index contributed by atoms with van der Waals surface area (Å²) in [5.74, 6) is 0.218. The van der Waals surface area contributed by atoms with Gasteiger partial charge in [0.25, 0.3) is 5.91 Å². The van der Waals surface area contributed by atoms with Crippen LogP contribution in [-0.2, 0) is 16.6 Å². The molecule has 220 valence electrons. The topological polar surface area (TPSA) is 113 Å². The van der Waals surface area contributed by atoms with Crippen molar-refractivity contribution in [1.82, 2.24) is 29.5 Å². The van der Waals surface area contributed by atoms with E-state index in [2.05, 4.69) is 34.3 Å². The van der Waals surface area contributed by atoms with Gasteiger partial charge in [0.15, 0.2) is 5.01 Å². The average molecular weight is 598 g/mol. The second-order valence-electron chi connectivity index (χ2n) is 10.6. The molecule has 1 unspecified atom stereocenters. The summed E-state index contributed by atoms with van der Waals surface area (Å²) in [6.45, 7) is 1.35.